The van der Waals surface area contributed by atoms with E-state index in [9.17, 15) is 4.79 Å². The smallest absolute Gasteiger partial charge is 0.293 e. The molecule has 0 spiro atoms. The van der Waals surface area contributed by atoms with E-state index in [0.29, 0.717) is 13.1 Å². The van der Waals surface area contributed by atoms with Crippen molar-refractivity contribution in [1.82, 2.24) is 4.98 Å². The number of hydrogen-bond acceptors (Lipinski definition) is 2. The van der Waals surface area contributed by atoms with Crippen LogP contribution < -0.4 is 0 Å². The molecule has 0 aliphatic heterocycles. The van der Waals surface area contributed by atoms with Crippen molar-refractivity contribution in [3.8, 4) is 0 Å². The van der Waals surface area contributed by atoms with Gasteiger partial charge in [0.2, 0.25) is 0 Å². The molecule has 0 unspecified atom stereocenters. The van der Waals surface area contributed by atoms with E-state index < -0.39 is 0 Å². The molecule has 96 valence electrons. The first kappa shape index (κ1) is 12.7. The minimum Gasteiger partial charge on any atom is -0.467 e. The number of aromatic amines is 1. The van der Waals surface area contributed by atoms with Gasteiger partial charge in [-0.25, -0.2) is 0 Å². The van der Waals surface area contributed by atoms with Gasteiger partial charge in [-0.05, 0) is 34.6 Å². The number of hydrogen-bond donors (Lipinski definition) is 1. The number of carbonyl (C=O) groups is 1. The molecule has 2 aromatic rings. The molecule has 0 aliphatic rings. The zero-order valence-corrected chi connectivity index (χ0v) is 11.1. The molecular formula is C15H19NO2. The second-order valence-corrected chi connectivity index (χ2v) is 5.56. The van der Waals surface area contributed by atoms with Gasteiger partial charge in [-0.2, -0.15) is 0 Å². The first-order valence-electron chi connectivity index (χ1n) is 6.18. The van der Waals surface area contributed by atoms with Crippen LogP contribution in [0.2, 0.25) is 0 Å². The second-order valence-electron chi connectivity index (χ2n) is 5.56. The van der Waals surface area contributed by atoms with E-state index in [1.165, 1.54) is 10.9 Å². The van der Waals surface area contributed by atoms with Gasteiger partial charge in [-0.15, -0.1) is 0 Å². The lowest BCUT2D eigenvalue weighted by molar-refractivity contribution is -0.128. The van der Waals surface area contributed by atoms with Gasteiger partial charge in [0.25, 0.3) is 6.47 Å². The molecule has 0 atom stereocenters. The van der Waals surface area contributed by atoms with Crippen molar-refractivity contribution < 1.29 is 9.53 Å². The Morgan fingerprint density at radius 3 is 2.72 bits per heavy atom. The SMILES string of the molecule is CC(C)(C)c1ccc2[nH]c(CCOC=O)cc2c1. The summed E-state index contributed by atoms with van der Waals surface area (Å²) >= 11 is 0. The molecule has 1 aromatic heterocycles. The fraction of sp³-hybridized carbons (Fsp3) is 0.400. The number of fused-ring (bicyclic) bond motifs is 1. The molecule has 3 nitrogen and oxygen atoms in total. The average molecular weight is 245 g/mol. The molecule has 3 heteroatoms. The van der Waals surface area contributed by atoms with Crippen LogP contribution in [0.25, 0.3) is 10.9 Å². The van der Waals surface area contributed by atoms with Gasteiger partial charge in [0.1, 0.15) is 0 Å². The van der Waals surface area contributed by atoms with Gasteiger partial charge in [0, 0.05) is 17.6 Å². The number of ether oxygens (including phenoxy) is 1. The third-order valence-electron chi connectivity index (χ3n) is 3.10. The Balaban J connectivity index is 2.25. The van der Waals surface area contributed by atoms with Gasteiger partial charge in [-0.1, -0.05) is 26.8 Å². The Labute approximate surface area is 107 Å². The van der Waals surface area contributed by atoms with Gasteiger partial charge in [0.15, 0.2) is 0 Å². The van der Waals surface area contributed by atoms with Crippen LogP contribution in [-0.2, 0) is 21.4 Å². The van der Waals surface area contributed by atoms with Crippen LogP contribution in [0, 0.1) is 0 Å². The van der Waals surface area contributed by atoms with Crippen molar-refractivity contribution in [2.24, 2.45) is 0 Å². The van der Waals surface area contributed by atoms with Crippen LogP contribution in [0.4, 0.5) is 0 Å². The lowest BCUT2D eigenvalue weighted by Crippen LogP contribution is -2.10. The molecule has 18 heavy (non-hydrogen) atoms. The van der Waals surface area contributed by atoms with E-state index in [4.69, 9.17) is 4.74 Å². The monoisotopic (exact) mass is 245 g/mol. The fourth-order valence-electron chi connectivity index (χ4n) is 2.01. The molecule has 0 fully saturated rings. The molecule has 0 saturated carbocycles. The van der Waals surface area contributed by atoms with Gasteiger partial charge < -0.3 is 9.72 Å². The van der Waals surface area contributed by atoms with E-state index in [-0.39, 0.29) is 5.41 Å². The van der Waals surface area contributed by atoms with Gasteiger partial charge in [0.05, 0.1) is 6.61 Å². The molecule has 0 radical (unpaired) electrons. The Kier molecular flexibility index (Phi) is 3.41. The van der Waals surface area contributed by atoms with Gasteiger partial charge >= 0.3 is 0 Å². The zero-order chi connectivity index (χ0) is 13.2. The Morgan fingerprint density at radius 2 is 2.06 bits per heavy atom. The summed E-state index contributed by atoms with van der Waals surface area (Å²) < 4.78 is 4.71. The Morgan fingerprint density at radius 1 is 1.28 bits per heavy atom. The Hall–Kier alpha value is -1.77. The highest BCUT2D eigenvalue weighted by atomic mass is 16.5. The summed E-state index contributed by atoms with van der Waals surface area (Å²) in [6.07, 6.45) is 0.721. The summed E-state index contributed by atoms with van der Waals surface area (Å²) in [6.45, 7) is 7.53. The quantitative estimate of drug-likeness (QED) is 0.664. The zero-order valence-electron chi connectivity index (χ0n) is 11.1. The Bertz CT molecular complexity index is 549. The number of benzene rings is 1. The molecule has 1 N–H and O–H groups in total. The second kappa shape index (κ2) is 4.84. The predicted molar refractivity (Wildman–Crippen MR) is 72.7 cm³/mol. The van der Waals surface area contributed by atoms with E-state index >= 15 is 0 Å². The van der Waals surface area contributed by atoms with Crippen molar-refractivity contribution in [1.29, 1.82) is 0 Å². The summed E-state index contributed by atoms with van der Waals surface area (Å²) in [5.41, 5.74) is 3.71. The van der Waals surface area contributed by atoms with Crippen molar-refractivity contribution in [2.45, 2.75) is 32.6 Å². The summed E-state index contributed by atoms with van der Waals surface area (Å²) in [5.74, 6) is 0. The number of nitrogens with one attached hydrogen (secondary N) is 1. The maximum atomic E-state index is 10.1. The number of carbonyl (C=O) groups excluding carboxylic acids is 1. The van der Waals surface area contributed by atoms with Gasteiger partial charge in [-0.3, -0.25) is 4.79 Å². The van der Waals surface area contributed by atoms with Crippen LogP contribution in [-0.4, -0.2) is 18.1 Å². The van der Waals surface area contributed by atoms with Crippen molar-refractivity contribution >= 4 is 17.4 Å². The predicted octanol–water partition coefficient (Wildman–Crippen LogP) is 3.18. The number of aromatic nitrogens is 1. The lowest BCUT2D eigenvalue weighted by Gasteiger charge is -2.18. The highest BCUT2D eigenvalue weighted by Crippen LogP contribution is 2.26. The van der Waals surface area contributed by atoms with Crippen molar-refractivity contribution in [3.63, 3.8) is 0 Å². The molecule has 1 aromatic carbocycles. The van der Waals surface area contributed by atoms with Crippen LogP contribution in [0.5, 0.6) is 0 Å². The first-order chi connectivity index (χ1) is 8.50. The van der Waals surface area contributed by atoms with E-state index in [0.717, 1.165) is 17.6 Å². The normalized spacial score (nSPS) is 11.7. The summed E-state index contributed by atoms with van der Waals surface area (Å²) in [6, 6.07) is 8.61. The topological polar surface area (TPSA) is 42.1 Å². The van der Waals surface area contributed by atoms with Crippen molar-refractivity contribution in [2.75, 3.05) is 6.61 Å². The highest BCUT2D eigenvalue weighted by Gasteiger charge is 2.14. The number of H-pyrrole nitrogens is 1. The molecule has 2 rings (SSSR count). The maximum Gasteiger partial charge on any atom is 0.293 e. The molecule has 0 aliphatic carbocycles. The lowest BCUT2D eigenvalue weighted by atomic mass is 9.86. The minimum atomic E-state index is 0.159. The highest BCUT2D eigenvalue weighted by molar-refractivity contribution is 5.81. The molecule has 1 heterocycles. The third-order valence-corrected chi connectivity index (χ3v) is 3.10. The fourth-order valence-corrected chi connectivity index (χ4v) is 2.01. The minimum absolute atomic E-state index is 0.159. The van der Waals surface area contributed by atoms with E-state index in [1.807, 2.05) is 0 Å². The molecule has 0 amide bonds. The first-order valence-corrected chi connectivity index (χ1v) is 6.18. The largest absolute Gasteiger partial charge is 0.467 e. The standard InChI is InChI=1S/C15H19NO2/c1-15(2,3)12-4-5-14-11(8-12)9-13(16-14)6-7-18-10-17/h4-5,8-10,16H,6-7H2,1-3H3. The summed E-state index contributed by atoms with van der Waals surface area (Å²) in [5, 5.41) is 1.21. The summed E-state index contributed by atoms with van der Waals surface area (Å²) in [7, 11) is 0. The third kappa shape index (κ3) is 2.73. The van der Waals surface area contributed by atoms with Crippen LogP contribution in [0.15, 0.2) is 24.3 Å². The summed E-state index contributed by atoms with van der Waals surface area (Å²) in [4.78, 5) is 13.4. The van der Waals surface area contributed by atoms with E-state index in [1.54, 1.807) is 0 Å². The van der Waals surface area contributed by atoms with Crippen LogP contribution in [0.1, 0.15) is 32.0 Å². The van der Waals surface area contributed by atoms with Crippen LogP contribution in [0.3, 0.4) is 0 Å². The number of rotatable bonds is 4. The van der Waals surface area contributed by atoms with E-state index in [2.05, 4.69) is 50.0 Å². The molecular weight excluding hydrogens is 226 g/mol. The van der Waals surface area contributed by atoms with Crippen molar-refractivity contribution in [3.05, 3.63) is 35.5 Å². The molecule has 0 saturated heterocycles. The average Bonchev–Trinajstić information content (AvgIpc) is 2.69. The maximum absolute atomic E-state index is 10.1. The van der Waals surface area contributed by atoms with Crippen LogP contribution >= 0.6 is 0 Å². The molecule has 0 bridgehead atoms.